The number of fused-ring (bicyclic) bond motifs is 1. The Balaban J connectivity index is 1.78. The number of anilines is 2. The molecule has 2 aliphatic heterocycles. The lowest BCUT2D eigenvalue weighted by molar-refractivity contribution is 0.0228. The van der Waals surface area contributed by atoms with Crippen molar-refractivity contribution in [2.24, 2.45) is 0 Å². The third-order valence-corrected chi connectivity index (χ3v) is 4.98. The lowest BCUT2D eigenvalue weighted by Gasteiger charge is -2.29. The third-order valence-electron chi connectivity index (χ3n) is 4.98. The van der Waals surface area contributed by atoms with Crippen LogP contribution >= 0.6 is 0 Å². The van der Waals surface area contributed by atoms with E-state index in [0.717, 1.165) is 25.1 Å². The van der Waals surface area contributed by atoms with Gasteiger partial charge in [-0.25, -0.2) is 9.59 Å². The van der Waals surface area contributed by atoms with E-state index in [9.17, 15) is 9.59 Å². The maximum Gasteiger partial charge on any atom is 0.410 e. The number of likely N-dealkylation sites (tertiary alicyclic amines) is 1. The molecular weight excluding hydrogens is 334 g/mol. The Labute approximate surface area is 154 Å². The number of hydrogen-bond donors (Lipinski definition) is 1. The van der Waals surface area contributed by atoms with E-state index in [1.807, 2.05) is 31.7 Å². The van der Waals surface area contributed by atoms with Crippen LogP contribution in [0.15, 0.2) is 18.2 Å². The van der Waals surface area contributed by atoms with Crippen LogP contribution in [0.4, 0.5) is 16.2 Å². The molecule has 2 atom stereocenters. The Morgan fingerprint density at radius 2 is 1.85 bits per heavy atom. The van der Waals surface area contributed by atoms with Gasteiger partial charge in [0.15, 0.2) is 0 Å². The molecule has 0 saturated carbocycles. The highest BCUT2D eigenvalue weighted by atomic mass is 16.6. The smallest absolute Gasteiger partial charge is 0.410 e. The fourth-order valence-electron chi connectivity index (χ4n) is 3.86. The fraction of sp³-hybridized carbons (Fsp3) is 0.579. The first kappa shape index (κ1) is 18.4. The number of benzene rings is 1. The van der Waals surface area contributed by atoms with Crippen molar-refractivity contribution in [1.29, 1.82) is 0 Å². The number of ether oxygens (including phenoxy) is 2. The van der Waals surface area contributed by atoms with Gasteiger partial charge in [0.05, 0.1) is 24.8 Å². The van der Waals surface area contributed by atoms with Gasteiger partial charge in [0.1, 0.15) is 5.60 Å². The van der Waals surface area contributed by atoms with E-state index in [4.69, 9.17) is 15.2 Å². The summed E-state index contributed by atoms with van der Waals surface area (Å²) in [6.45, 7) is 7.13. The zero-order valence-electron chi connectivity index (χ0n) is 15.8. The molecule has 7 nitrogen and oxygen atoms in total. The Hall–Kier alpha value is -2.44. The monoisotopic (exact) mass is 361 g/mol. The quantitative estimate of drug-likeness (QED) is 0.644. The number of carbonyl (C=O) groups excluding carboxylic acids is 2. The van der Waals surface area contributed by atoms with E-state index in [1.54, 1.807) is 12.1 Å². The highest BCUT2D eigenvalue weighted by Gasteiger charge is 2.45. The predicted octanol–water partition coefficient (Wildman–Crippen LogP) is 2.64. The van der Waals surface area contributed by atoms with Crippen LogP contribution in [-0.4, -0.2) is 54.8 Å². The lowest BCUT2D eigenvalue weighted by atomic mass is 10.1. The van der Waals surface area contributed by atoms with Crippen molar-refractivity contribution in [3.8, 4) is 0 Å². The minimum atomic E-state index is -0.500. The van der Waals surface area contributed by atoms with Crippen LogP contribution in [0.5, 0.6) is 0 Å². The summed E-state index contributed by atoms with van der Waals surface area (Å²) in [6, 6.07) is 5.77. The van der Waals surface area contributed by atoms with Gasteiger partial charge in [-0.15, -0.1) is 0 Å². The van der Waals surface area contributed by atoms with E-state index >= 15 is 0 Å². The van der Waals surface area contributed by atoms with Crippen LogP contribution in [-0.2, 0) is 9.47 Å². The molecule has 0 aromatic heterocycles. The zero-order chi connectivity index (χ0) is 19.1. The molecule has 3 rings (SSSR count). The summed E-state index contributed by atoms with van der Waals surface area (Å²) in [5.74, 6) is -0.443. The standard InChI is InChI=1S/C19H27N3O4/c1-19(2,3)26-18(24)22-10-8-15-16(22)7-9-21(15)12-5-6-14(20)13(11-12)17(23)25-4/h5-6,11,15-16H,7-10,20H2,1-4H3. The average Bonchev–Trinajstić information content (AvgIpc) is 3.14. The molecule has 0 spiro atoms. The van der Waals surface area contributed by atoms with Crippen molar-refractivity contribution in [2.75, 3.05) is 30.8 Å². The number of nitrogen functional groups attached to an aromatic ring is 1. The minimum absolute atomic E-state index is 0.129. The molecule has 1 amide bonds. The molecule has 2 fully saturated rings. The number of methoxy groups -OCH3 is 1. The normalized spacial score (nSPS) is 22.3. The van der Waals surface area contributed by atoms with Crippen LogP contribution in [0.2, 0.25) is 0 Å². The molecule has 2 saturated heterocycles. The number of rotatable bonds is 2. The van der Waals surface area contributed by atoms with Crippen LogP contribution in [0, 0.1) is 0 Å². The molecule has 2 N–H and O–H groups in total. The summed E-state index contributed by atoms with van der Waals surface area (Å²) in [7, 11) is 1.34. The first-order chi connectivity index (χ1) is 12.2. The molecule has 2 heterocycles. The SMILES string of the molecule is COC(=O)c1cc(N2CCC3C2CCN3C(=O)OC(C)(C)C)ccc1N. The topological polar surface area (TPSA) is 85.1 Å². The van der Waals surface area contributed by atoms with Crippen molar-refractivity contribution in [2.45, 2.75) is 51.3 Å². The molecule has 2 unspecified atom stereocenters. The molecule has 1 aromatic rings. The fourth-order valence-corrected chi connectivity index (χ4v) is 3.86. The van der Waals surface area contributed by atoms with Gasteiger partial charge in [-0.3, -0.25) is 0 Å². The van der Waals surface area contributed by atoms with E-state index in [0.29, 0.717) is 17.8 Å². The summed E-state index contributed by atoms with van der Waals surface area (Å²) >= 11 is 0. The Kier molecular flexibility index (Phi) is 4.73. The molecule has 7 heteroatoms. The van der Waals surface area contributed by atoms with Crippen molar-refractivity contribution in [3.05, 3.63) is 23.8 Å². The zero-order valence-corrected chi connectivity index (χ0v) is 15.8. The number of amides is 1. The number of carbonyl (C=O) groups is 2. The molecule has 142 valence electrons. The highest BCUT2D eigenvalue weighted by molar-refractivity contribution is 5.96. The van der Waals surface area contributed by atoms with E-state index in [1.165, 1.54) is 7.11 Å². The van der Waals surface area contributed by atoms with Crippen LogP contribution in [0.3, 0.4) is 0 Å². The van der Waals surface area contributed by atoms with Crippen molar-refractivity contribution in [3.63, 3.8) is 0 Å². The molecule has 0 radical (unpaired) electrons. The van der Waals surface area contributed by atoms with Crippen LogP contribution < -0.4 is 10.6 Å². The Morgan fingerprint density at radius 1 is 1.15 bits per heavy atom. The molecular formula is C19H27N3O4. The van der Waals surface area contributed by atoms with Gasteiger partial charge in [0.2, 0.25) is 0 Å². The second-order valence-corrected chi connectivity index (χ2v) is 7.84. The van der Waals surface area contributed by atoms with Crippen LogP contribution in [0.25, 0.3) is 0 Å². The van der Waals surface area contributed by atoms with E-state index < -0.39 is 11.6 Å². The van der Waals surface area contributed by atoms with E-state index in [2.05, 4.69) is 4.90 Å². The number of hydrogen-bond acceptors (Lipinski definition) is 6. The van der Waals surface area contributed by atoms with Crippen molar-refractivity contribution >= 4 is 23.4 Å². The average molecular weight is 361 g/mol. The molecule has 2 aliphatic rings. The van der Waals surface area contributed by atoms with Crippen LogP contribution in [0.1, 0.15) is 44.0 Å². The second-order valence-electron chi connectivity index (χ2n) is 7.84. The van der Waals surface area contributed by atoms with Gasteiger partial charge in [-0.1, -0.05) is 0 Å². The predicted molar refractivity (Wildman–Crippen MR) is 99.3 cm³/mol. The maximum atomic E-state index is 12.5. The molecule has 0 aliphatic carbocycles. The summed E-state index contributed by atoms with van der Waals surface area (Å²) in [6.07, 6.45) is 1.50. The molecule has 1 aromatic carbocycles. The van der Waals surface area contributed by atoms with Crippen molar-refractivity contribution < 1.29 is 19.1 Å². The van der Waals surface area contributed by atoms with Gasteiger partial charge in [-0.2, -0.15) is 0 Å². The van der Waals surface area contributed by atoms with Gasteiger partial charge >= 0.3 is 12.1 Å². The van der Waals surface area contributed by atoms with Gasteiger partial charge in [0, 0.05) is 24.5 Å². The van der Waals surface area contributed by atoms with Crippen molar-refractivity contribution in [1.82, 2.24) is 4.90 Å². The van der Waals surface area contributed by atoms with Gasteiger partial charge in [0.25, 0.3) is 0 Å². The molecule has 0 bridgehead atoms. The Morgan fingerprint density at radius 3 is 2.50 bits per heavy atom. The maximum absolute atomic E-state index is 12.5. The molecule has 26 heavy (non-hydrogen) atoms. The van der Waals surface area contributed by atoms with E-state index in [-0.39, 0.29) is 18.2 Å². The third kappa shape index (κ3) is 3.43. The first-order valence-corrected chi connectivity index (χ1v) is 8.95. The summed E-state index contributed by atoms with van der Waals surface area (Å²) in [5.41, 5.74) is 7.10. The summed E-state index contributed by atoms with van der Waals surface area (Å²) < 4.78 is 10.4. The number of nitrogens with zero attached hydrogens (tertiary/aromatic N) is 2. The first-order valence-electron chi connectivity index (χ1n) is 8.95. The highest BCUT2D eigenvalue weighted by Crippen LogP contribution is 2.36. The second kappa shape index (κ2) is 6.70. The minimum Gasteiger partial charge on any atom is -0.465 e. The lowest BCUT2D eigenvalue weighted by Crippen LogP contribution is -2.42. The van der Waals surface area contributed by atoms with Gasteiger partial charge in [-0.05, 0) is 51.8 Å². The summed E-state index contributed by atoms with van der Waals surface area (Å²) in [5, 5.41) is 0. The number of esters is 1. The Bertz CT molecular complexity index is 713. The largest absolute Gasteiger partial charge is 0.465 e. The summed E-state index contributed by atoms with van der Waals surface area (Å²) in [4.78, 5) is 28.5. The van der Waals surface area contributed by atoms with Gasteiger partial charge < -0.3 is 25.0 Å². The number of nitrogens with two attached hydrogens (primary N) is 1.